The van der Waals surface area contributed by atoms with E-state index >= 15 is 0 Å². The zero-order chi connectivity index (χ0) is 13.8. The fraction of sp³-hybridized carbons (Fsp3) is 0.0769. The smallest absolute Gasteiger partial charge is 0.341 e. The third kappa shape index (κ3) is 2.74. The number of phenols is 1. The number of methoxy groups -OCH3 is 1. The first-order valence-electron chi connectivity index (χ1n) is 5.38. The van der Waals surface area contributed by atoms with Gasteiger partial charge >= 0.3 is 5.97 Å². The van der Waals surface area contributed by atoms with E-state index in [-0.39, 0.29) is 22.9 Å². The van der Waals surface area contributed by atoms with Gasteiger partial charge in [-0.25, -0.2) is 4.79 Å². The number of benzene rings is 1. The molecule has 0 atom stereocenters. The summed E-state index contributed by atoms with van der Waals surface area (Å²) in [5, 5.41) is 14.2. The molecule has 0 fully saturated rings. The van der Waals surface area contributed by atoms with Crippen molar-refractivity contribution in [2.75, 3.05) is 12.4 Å². The normalized spacial score (nSPS) is 9.95. The van der Waals surface area contributed by atoms with Gasteiger partial charge in [0.15, 0.2) is 5.75 Å². The van der Waals surface area contributed by atoms with Gasteiger partial charge in [-0.1, -0.05) is 12.1 Å². The van der Waals surface area contributed by atoms with E-state index in [4.69, 9.17) is 0 Å². The van der Waals surface area contributed by atoms with E-state index in [0.29, 0.717) is 4.88 Å². The third-order valence-corrected chi connectivity index (χ3v) is 3.30. The van der Waals surface area contributed by atoms with Crippen LogP contribution in [0.2, 0.25) is 0 Å². The highest BCUT2D eigenvalue weighted by Gasteiger charge is 2.16. The zero-order valence-electron chi connectivity index (χ0n) is 10.0. The summed E-state index contributed by atoms with van der Waals surface area (Å²) >= 11 is 1.29. The lowest BCUT2D eigenvalue weighted by Gasteiger charge is -2.09. The molecule has 0 aliphatic rings. The van der Waals surface area contributed by atoms with Crippen molar-refractivity contribution < 1.29 is 19.4 Å². The largest absolute Gasteiger partial charge is 0.505 e. The van der Waals surface area contributed by atoms with E-state index in [2.05, 4.69) is 10.1 Å². The molecular formula is C13H11NO4S. The summed E-state index contributed by atoms with van der Waals surface area (Å²) in [6.45, 7) is 0. The second kappa shape index (κ2) is 5.53. The first-order chi connectivity index (χ1) is 9.13. The number of carbonyl (C=O) groups is 2. The number of hydrogen-bond acceptors (Lipinski definition) is 5. The molecule has 0 saturated carbocycles. The summed E-state index contributed by atoms with van der Waals surface area (Å²) in [6, 6.07) is 7.90. The number of carbonyl (C=O) groups excluding carboxylic acids is 2. The first kappa shape index (κ1) is 13.1. The first-order valence-corrected chi connectivity index (χ1v) is 6.26. The van der Waals surface area contributed by atoms with Gasteiger partial charge in [-0.05, 0) is 23.6 Å². The van der Waals surface area contributed by atoms with Crippen molar-refractivity contribution in [3.05, 3.63) is 46.2 Å². The summed E-state index contributed by atoms with van der Waals surface area (Å²) in [6.07, 6.45) is 0. The minimum atomic E-state index is -0.662. The summed E-state index contributed by atoms with van der Waals surface area (Å²) in [7, 11) is 1.22. The van der Waals surface area contributed by atoms with Crippen molar-refractivity contribution in [1.29, 1.82) is 0 Å². The number of esters is 1. The number of hydrogen-bond donors (Lipinski definition) is 2. The van der Waals surface area contributed by atoms with E-state index < -0.39 is 5.97 Å². The molecule has 6 heteroatoms. The Morgan fingerprint density at radius 3 is 2.68 bits per heavy atom. The summed E-state index contributed by atoms with van der Waals surface area (Å²) < 4.78 is 4.54. The topological polar surface area (TPSA) is 75.6 Å². The number of thiophene rings is 1. The van der Waals surface area contributed by atoms with Crippen LogP contribution in [0.15, 0.2) is 35.7 Å². The van der Waals surface area contributed by atoms with E-state index in [1.807, 2.05) is 0 Å². The molecule has 1 amide bonds. The van der Waals surface area contributed by atoms with Crippen LogP contribution in [0.5, 0.6) is 5.75 Å². The molecule has 98 valence electrons. The highest BCUT2D eigenvalue weighted by molar-refractivity contribution is 7.12. The van der Waals surface area contributed by atoms with Crippen molar-refractivity contribution in [3.63, 3.8) is 0 Å². The Morgan fingerprint density at radius 1 is 1.26 bits per heavy atom. The van der Waals surface area contributed by atoms with Crippen LogP contribution in [-0.4, -0.2) is 24.1 Å². The zero-order valence-corrected chi connectivity index (χ0v) is 10.9. The number of amides is 1. The second-order valence-corrected chi connectivity index (χ2v) is 4.57. The molecule has 2 N–H and O–H groups in total. The van der Waals surface area contributed by atoms with Gasteiger partial charge in [0.1, 0.15) is 5.56 Å². The Balaban J connectivity index is 2.26. The monoisotopic (exact) mass is 277 g/mol. The van der Waals surface area contributed by atoms with Crippen LogP contribution in [0.1, 0.15) is 20.0 Å². The maximum Gasteiger partial charge on any atom is 0.341 e. The lowest BCUT2D eigenvalue weighted by molar-refractivity contribution is 0.0597. The van der Waals surface area contributed by atoms with Gasteiger partial charge in [-0.3, -0.25) is 4.79 Å². The molecule has 2 rings (SSSR count). The molecule has 2 aromatic rings. The Morgan fingerprint density at radius 2 is 2.05 bits per heavy atom. The number of nitrogens with one attached hydrogen (secondary N) is 1. The number of phenolic OH excluding ortho intramolecular Hbond substituents is 1. The van der Waals surface area contributed by atoms with Crippen molar-refractivity contribution >= 4 is 28.9 Å². The SMILES string of the molecule is COC(=O)c1cccc(NC(=O)c2cccs2)c1O. The van der Waals surface area contributed by atoms with Crippen LogP contribution in [0.4, 0.5) is 5.69 Å². The summed E-state index contributed by atoms with van der Waals surface area (Å²) in [5.41, 5.74) is 0.174. The van der Waals surface area contributed by atoms with Gasteiger partial charge in [-0.15, -0.1) is 11.3 Å². The van der Waals surface area contributed by atoms with E-state index in [9.17, 15) is 14.7 Å². The van der Waals surface area contributed by atoms with Gasteiger partial charge in [0.2, 0.25) is 0 Å². The Labute approximate surface area is 113 Å². The average Bonchev–Trinajstić information content (AvgIpc) is 2.94. The van der Waals surface area contributed by atoms with Crippen molar-refractivity contribution in [1.82, 2.24) is 0 Å². The fourth-order valence-corrected chi connectivity index (χ4v) is 2.13. The van der Waals surface area contributed by atoms with Gasteiger partial charge in [-0.2, -0.15) is 0 Å². The molecule has 1 heterocycles. The molecule has 0 aliphatic carbocycles. The van der Waals surface area contributed by atoms with Gasteiger partial charge < -0.3 is 15.2 Å². The van der Waals surface area contributed by atoms with Crippen molar-refractivity contribution in [3.8, 4) is 5.75 Å². The predicted octanol–water partition coefficient (Wildman–Crippen LogP) is 2.49. The lowest BCUT2D eigenvalue weighted by Crippen LogP contribution is -2.11. The van der Waals surface area contributed by atoms with Crippen LogP contribution in [0.3, 0.4) is 0 Å². The molecule has 0 bridgehead atoms. The maximum absolute atomic E-state index is 11.9. The van der Waals surface area contributed by atoms with Crippen LogP contribution in [0.25, 0.3) is 0 Å². The van der Waals surface area contributed by atoms with E-state index in [1.165, 1.54) is 30.6 Å². The highest BCUT2D eigenvalue weighted by Crippen LogP contribution is 2.28. The lowest BCUT2D eigenvalue weighted by atomic mass is 10.1. The molecule has 0 unspecified atom stereocenters. The predicted molar refractivity (Wildman–Crippen MR) is 71.7 cm³/mol. The van der Waals surface area contributed by atoms with Crippen LogP contribution < -0.4 is 5.32 Å². The molecule has 1 aromatic heterocycles. The number of para-hydroxylation sites is 1. The standard InChI is InChI=1S/C13H11NO4S/c1-18-13(17)8-4-2-5-9(11(8)15)14-12(16)10-6-3-7-19-10/h2-7,15H,1H3,(H,14,16). The minimum absolute atomic E-state index is 0.00600. The van der Waals surface area contributed by atoms with Crippen LogP contribution in [-0.2, 0) is 4.74 Å². The number of aromatic hydroxyl groups is 1. The Bertz CT molecular complexity index is 607. The average molecular weight is 277 g/mol. The summed E-state index contributed by atoms with van der Waals surface area (Å²) in [5.74, 6) is -1.31. The van der Waals surface area contributed by atoms with Crippen LogP contribution >= 0.6 is 11.3 Å². The quantitative estimate of drug-likeness (QED) is 0.667. The fourth-order valence-electron chi connectivity index (χ4n) is 1.51. The molecule has 19 heavy (non-hydrogen) atoms. The summed E-state index contributed by atoms with van der Waals surface area (Å²) in [4.78, 5) is 23.8. The maximum atomic E-state index is 11.9. The van der Waals surface area contributed by atoms with Gasteiger partial charge in [0.25, 0.3) is 5.91 Å². The number of ether oxygens (including phenoxy) is 1. The van der Waals surface area contributed by atoms with Crippen LogP contribution in [0, 0.1) is 0 Å². The number of rotatable bonds is 3. The number of anilines is 1. The highest BCUT2D eigenvalue weighted by atomic mass is 32.1. The molecule has 0 radical (unpaired) electrons. The third-order valence-electron chi connectivity index (χ3n) is 2.43. The minimum Gasteiger partial charge on any atom is -0.505 e. The van der Waals surface area contributed by atoms with Crippen molar-refractivity contribution in [2.45, 2.75) is 0 Å². The molecular weight excluding hydrogens is 266 g/mol. The molecule has 1 aromatic carbocycles. The second-order valence-electron chi connectivity index (χ2n) is 3.62. The molecule has 0 spiro atoms. The van der Waals surface area contributed by atoms with Gasteiger partial charge in [0.05, 0.1) is 17.7 Å². The Hall–Kier alpha value is -2.34. The van der Waals surface area contributed by atoms with Gasteiger partial charge in [0, 0.05) is 0 Å². The molecule has 5 nitrogen and oxygen atoms in total. The van der Waals surface area contributed by atoms with Crippen molar-refractivity contribution in [2.24, 2.45) is 0 Å². The molecule has 0 saturated heterocycles. The van der Waals surface area contributed by atoms with E-state index in [0.717, 1.165) is 0 Å². The molecule has 0 aliphatic heterocycles. The van der Waals surface area contributed by atoms with E-state index in [1.54, 1.807) is 23.6 Å². The Kier molecular flexibility index (Phi) is 3.82.